The molecule has 0 unspecified atom stereocenters. The van der Waals surface area contributed by atoms with Crippen LogP contribution in [0, 0.1) is 5.82 Å². The molecule has 1 N–H and O–H groups in total. The summed E-state index contributed by atoms with van der Waals surface area (Å²) in [6, 6.07) is 14.7. The average molecular weight is 379 g/mol. The first kappa shape index (κ1) is 17.9. The van der Waals surface area contributed by atoms with E-state index >= 15 is 0 Å². The summed E-state index contributed by atoms with van der Waals surface area (Å²) in [6.07, 6.45) is 2.32. The van der Waals surface area contributed by atoms with E-state index in [2.05, 4.69) is 5.10 Å². The lowest BCUT2D eigenvalue weighted by Gasteiger charge is -2.13. The molecule has 2 heterocycles. The van der Waals surface area contributed by atoms with Gasteiger partial charge in [0.15, 0.2) is 0 Å². The van der Waals surface area contributed by atoms with E-state index in [0.717, 1.165) is 11.3 Å². The van der Waals surface area contributed by atoms with E-state index in [4.69, 9.17) is 4.74 Å². The molecule has 0 fully saturated rings. The fourth-order valence-electron chi connectivity index (χ4n) is 3.05. The minimum absolute atomic E-state index is 0.0595. The van der Waals surface area contributed by atoms with E-state index in [0.29, 0.717) is 16.8 Å². The van der Waals surface area contributed by atoms with E-state index in [-0.39, 0.29) is 17.9 Å². The fourth-order valence-corrected chi connectivity index (χ4v) is 3.05. The van der Waals surface area contributed by atoms with Gasteiger partial charge in [0.05, 0.1) is 25.5 Å². The second kappa shape index (κ2) is 7.28. The Kier molecular flexibility index (Phi) is 4.67. The number of halogens is 1. The molecule has 0 aliphatic heterocycles. The summed E-state index contributed by atoms with van der Waals surface area (Å²) in [4.78, 5) is 12.8. The van der Waals surface area contributed by atoms with Gasteiger partial charge >= 0.3 is 0 Å². The second-order valence-electron chi connectivity index (χ2n) is 6.41. The Morgan fingerprint density at radius 3 is 2.50 bits per heavy atom. The van der Waals surface area contributed by atoms with Crippen LogP contribution in [-0.4, -0.2) is 26.4 Å². The molecule has 0 saturated heterocycles. The van der Waals surface area contributed by atoms with Crippen LogP contribution < -0.4 is 10.3 Å². The van der Waals surface area contributed by atoms with Crippen molar-refractivity contribution >= 4 is 5.52 Å². The Labute approximate surface area is 160 Å². The number of aromatic nitrogens is 3. The molecule has 142 valence electrons. The third-order valence-electron chi connectivity index (χ3n) is 4.61. The molecule has 4 aromatic rings. The Morgan fingerprint density at radius 1 is 1.11 bits per heavy atom. The molecule has 2 aromatic heterocycles. The molecule has 28 heavy (non-hydrogen) atoms. The zero-order chi connectivity index (χ0) is 19.7. The first-order chi connectivity index (χ1) is 13.5. The van der Waals surface area contributed by atoms with Gasteiger partial charge < -0.3 is 14.4 Å². The minimum Gasteiger partial charge on any atom is -0.497 e. The molecule has 0 amide bonds. The van der Waals surface area contributed by atoms with Gasteiger partial charge in [0.25, 0.3) is 5.56 Å². The fraction of sp³-hybridized carbons (Fsp3) is 0.143. The lowest BCUT2D eigenvalue weighted by molar-refractivity contribution is 0.155. The summed E-state index contributed by atoms with van der Waals surface area (Å²) >= 11 is 0. The highest BCUT2D eigenvalue weighted by Crippen LogP contribution is 2.22. The third-order valence-corrected chi connectivity index (χ3v) is 4.61. The van der Waals surface area contributed by atoms with Gasteiger partial charge in [-0.15, -0.1) is 0 Å². The van der Waals surface area contributed by atoms with Crippen LogP contribution in [0.3, 0.4) is 0 Å². The van der Waals surface area contributed by atoms with Gasteiger partial charge in [-0.25, -0.2) is 8.91 Å². The van der Waals surface area contributed by atoms with Crippen molar-refractivity contribution < 1.29 is 14.2 Å². The van der Waals surface area contributed by atoms with Crippen LogP contribution in [0.1, 0.15) is 11.7 Å². The van der Waals surface area contributed by atoms with Crippen molar-refractivity contribution in [3.63, 3.8) is 0 Å². The summed E-state index contributed by atoms with van der Waals surface area (Å²) < 4.78 is 21.1. The Morgan fingerprint density at radius 2 is 1.82 bits per heavy atom. The van der Waals surface area contributed by atoms with E-state index in [1.54, 1.807) is 25.6 Å². The molecule has 0 aliphatic carbocycles. The van der Waals surface area contributed by atoms with E-state index < -0.39 is 6.10 Å². The number of aliphatic hydroxyl groups is 1. The predicted molar refractivity (Wildman–Crippen MR) is 103 cm³/mol. The quantitative estimate of drug-likeness (QED) is 0.579. The Bertz CT molecular complexity index is 1160. The number of ether oxygens (including phenoxy) is 1. The summed E-state index contributed by atoms with van der Waals surface area (Å²) in [5, 5.41) is 14.8. The number of benzene rings is 2. The van der Waals surface area contributed by atoms with E-state index in [1.165, 1.54) is 33.3 Å². The minimum atomic E-state index is -0.926. The average Bonchev–Trinajstić information content (AvgIpc) is 3.16. The molecule has 0 radical (unpaired) electrons. The first-order valence-corrected chi connectivity index (χ1v) is 8.72. The molecule has 0 bridgehead atoms. The van der Waals surface area contributed by atoms with Crippen LogP contribution in [0.15, 0.2) is 71.8 Å². The van der Waals surface area contributed by atoms with Gasteiger partial charge in [-0.2, -0.15) is 5.10 Å². The van der Waals surface area contributed by atoms with Crippen molar-refractivity contribution in [3.8, 4) is 17.0 Å². The maximum atomic E-state index is 13.0. The van der Waals surface area contributed by atoms with Crippen molar-refractivity contribution in [2.75, 3.05) is 7.11 Å². The summed E-state index contributed by atoms with van der Waals surface area (Å²) in [5.74, 6) is 0.365. The SMILES string of the molecule is COc1ccc(-c2cc3c(=O)n(C[C@@H](O)c4ccc(F)cc4)ccn3n2)cc1. The number of nitrogens with zero attached hydrogens (tertiary/aromatic N) is 3. The molecule has 6 nitrogen and oxygen atoms in total. The highest BCUT2D eigenvalue weighted by Gasteiger charge is 2.13. The van der Waals surface area contributed by atoms with Gasteiger partial charge in [0.1, 0.15) is 17.1 Å². The molecular weight excluding hydrogens is 361 g/mol. The van der Waals surface area contributed by atoms with Crippen LogP contribution in [0.25, 0.3) is 16.8 Å². The first-order valence-electron chi connectivity index (χ1n) is 8.72. The van der Waals surface area contributed by atoms with Crippen molar-refractivity contribution in [1.29, 1.82) is 0 Å². The Balaban J connectivity index is 1.64. The van der Waals surface area contributed by atoms with Gasteiger partial charge in [0.2, 0.25) is 0 Å². The van der Waals surface area contributed by atoms with Gasteiger partial charge in [-0.1, -0.05) is 12.1 Å². The number of fused-ring (bicyclic) bond motifs is 1. The van der Waals surface area contributed by atoms with Crippen LogP contribution >= 0.6 is 0 Å². The number of aliphatic hydroxyl groups excluding tert-OH is 1. The van der Waals surface area contributed by atoms with Crippen LogP contribution in [0.2, 0.25) is 0 Å². The zero-order valence-corrected chi connectivity index (χ0v) is 15.1. The predicted octanol–water partition coefficient (Wildman–Crippen LogP) is 3.04. The third kappa shape index (κ3) is 3.39. The topological polar surface area (TPSA) is 68.8 Å². The highest BCUT2D eigenvalue weighted by atomic mass is 19.1. The zero-order valence-electron chi connectivity index (χ0n) is 15.1. The molecule has 1 atom stereocenters. The normalized spacial score (nSPS) is 12.2. The van der Waals surface area contributed by atoms with Crippen molar-refractivity contribution in [2.45, 2.75) is 12.6 Å². The molecule has 4 rings (SSSR count). The molecule has 7 heteroatoms. The second-order valence-corrected chi connectivity index (χ2v) is 6.41. The number of methoxy groups -OCH3 is 1. The largest absolute Gasteiger partial charge is 0.497 e. The molecule has 0 spiro atoms. The van der Waals surface area contributed by atoms with Gasteiger partial charge in [-0.05, 0) is 48.0 Å². The monoisotopic (exact) mass is 379 g/mol. The van der Waals surface area contributed by atoms with E-state index in [1.807, 2.05) is 24.3 Å². The molecule has 2 aromatic carbocycles. The maximum absolute atomic E-state index is 13.0. The highest BCUT2D eigenvalue weighted by molar-refractivity contribution is 5.66. The lowest BCUT2D eigenvalue weighted by Crippen LogP contribution is -2.24. The Hall–Kier alpha value is -3.45. The standard InChI is InChI=1S/C21H18FN3O3/c1-28-17-8-4-14(5-9-17)18-12-19-21(27)24(10-11-25(19)23-18)13-20(26)15-2-6-16(22)7-3-15/h2-12,20,26H,13H2,1H3/t20-/m1/s1. The molecule has 0 aliphatic rings. The smallest absolute Gasteiger partial charge is 0.276 e. The summed E-state index contributed by atoms with van der Waals surface area (Å²) in [6.45, 7) is 0.0595. The molecule has 0 saturated carbocycles. The van der Waals surface area contributed by atoms with Gasteiger partial charge in [-0.3, -0.25) is 4.79 Å². The van der Waals surface area contributed by atoms with Gasteiger partial charge in [0, 0.05) is 18.0 Å². The van der Waals surface area contributed by atoms with Crippen LogP contribution in [0.4, 0.5) is 4.39 Å². The summed E-state index contributed by atoms with van der Waals surface area (Å²) in [7, 11) is 1.60. The summed E-state index contributed by atoms with van der Waals surface area (Å²) in [5.41, 5.74) is 2.20. The number of hydrogen-bond acceptors (Lipinski definition) is 4. The van der Waals surface area contributed by atoms with Crippen LogP contribution in [0.5, 0.6) is 5.75 Å². The lowest BCUT2D eigenvalue weighted by atomic mass is 10.1. The van der Waals surface area contributed by atoms with E-state index in [9.17, 15) is 14.3 Å². The number of rotatable bonds is 5. The van der Waals surface area contributed by atoms with Crippen molar-refractivity contribution in [2.24, 2.45) is 0 Å². The molecular formula is C21H18FN3O3. The maximum Gasteiger partial charge on any atom is 0.276 e. The number of hydrogen-bond donors (Lipinski definition) is 1. The van der Waals surface area contributed by atoms with Crippen molar-refractivity contribution in [3.05, 3.63) is 88.7 Å². The van der Waals surface area contributed by atoms with Crippen LogP contribution in [-0.2, 0) is 6.54 Å². The van der Waals surface area contributed by atoms with Crippen molar-refractivity contribution in [1.82, 2.24) is 14.2 Å².